The van der Waals surface area contributed by atoms with Gasteiger partial charge in [0.05, 0.1) is 32.5 Å². The second kappa shape index (κ2) is 9.41. The Morgan fingerprint density at radius 1 is 1.15 bits per heavy atom. The van der Waals surface area contributed by atoms with E-state index in [4.69, 9.17) is 38.7 Å². The zero-order chi connectivity index (χ0) is 23.7. The average Bonchev–Trinajstić information content (AvgIpc) is 2.77. The molecule has 0 saturated heterocycles. The number of fused-ring (bicyclic) bond motifs is 1. The fraction of sp³-hybridized carbons (Fsp3) is 0.304. The van der Waals surface area contributed by atoms with Crippen LogP contribution in [0.15, 0.2) is 30.5 Å². The average molecular weight is 489 g/mol. The highest BCUT2D eigenvalue weighted by Crippen LogP contribution is 2.37. The van der Waals surface area contributed by atoms with Crippen LogP contribution in [0, 0.1) is 0 Å². The lowest BCUT2D eigenvalue weighted by Gasteiger charge is -2.29. The number of halogens is 2. The van der Waals surface area contributed by atoms with Crippen molar-refractivity contribution < 1.29 is 19.4 Å². The molecule has 0 spiro atoms. The van der Waals surface area contributed by atoms with E-state index in [0.717, 1.165) is 12.8 Å². The summed E-state index contributed by atoms with van der Waals surface area (Å²) >= 11 is 12.2. The van der Waals surface area contributed by atoms with Gasteiger partial charge in [-0.1, -0.05) is 23.2 Å². The van der Waals surface area contributed by atoms with Gasteiger partial charge in [0.1, 0.15) is 11.6 Å². The topological polar surface area (TPSA) is 127 Å². The summed E-state index contributed by atoms with van der Waals surface area (Å²) in [6, 6.07) is 6.79. The van der Waals surface area contributed by atoms with E-state index in [9.17, 15) is 14.7 Å². The van der Waals surface area contributed by atoms with Gasteiger partial charge in [-0.15, -0.1) is 0 Å². The molecule has 0 aliphatic heterocycles. The minimum Gasteiger partial charge on any atom is -0.505 e. The van der Waals surface area contributed by atoms with Crippen LogP contribution in [0.2, 0.25) is 10.0 Å². The van der Waals surface area contributed by atoms with Crippen LogP contribution >= 0.6 is 23.2 Å². The maximum atomic E-state index is 12.4. The molecule has 1 fully saturated rings. The van der Waals surface area contributed by atoms with E-state index in [1.165, 1.54) is 6.92 Å². The van der Waals surface area contributed by atoms with Crippen molar-refractivity contribution in [3.05, 3.63) is 46.1 Å². The molecule has 1 aliphatic carbocycles. The van der Waals surface area contributed by atoms with Gasteiger partial charge in [0, 0.05) is 17.8 Å². The molecule has 10 heteroatoms. The number of ether oxygens (including phenoxy) is 1. The van der Waals surface area contributed by atoms with Crippen LogP contribution in [0.25, 0.3) is 22.3 Å². The first kappa shape index (κ1) is 23.1. The van der Waals surface area contributed by atoms with Gasteiger partial charge in [-0.25, -0.2) is 9.78 Å². The number of hydrogen-bond acceptors (Lipinski definition) is 7. The fourth-order valence-electron chi connectivity index (χ4n) is 4.05. The van der Waals surface area contributed by atoms with Crippen molar-refractivity contribution in [1.29, 1.82) is 0 Å². The number of rotatable bonds is 5. The molecule has 4 N–H and O–H groups in total. The number of Topliss-reactive ketones (excluding diaryl/α,β-unsaturated/α-hetero) is 1. The zero-order valence-corrected chi connectivity index (χ0v) is 19.3. The van der Waals surface area contributed by atoms with Gasteiger partial charge in [-0.2, -0.15) is 0 Å². The number of aromatic nitrogens is 2. The number of benzene rings is 1. The van der Waals surface area contributed by atoms with E-state index >= 15 is 0 Å². The van der Waals surface area contributed by atoms with Gasteiger partial charge in [-0.05, 0) is 56.9 Å². The van der Waals surface area contributed by atoms with E-state index in [0.29, 0.717) is 46.4 Å². The standard InChI is InChI=1S/C23H22Cl2N4O4/c1-11(30)15-10-27-19-7-6-18(12-8-16(24)22(31)17(25)9-12)29-21(19)20(15)28-13-2-4-14(5-3-13)33-23(26)32/h6-10,13-14,31H,2-5H2,1H3,(H2,26,32)(H,27,28). The second-order valence-corrected chi connectivity index (χ2v) is 8.83. The fourth-order valence-corrected chi connectivity index (χ4v) is 4.53. The molecule has 2 aromatic heterocycles. The first-order valence-corrected chi connectivity index (χ1v) is 11.2. The molecule has 172 valence electrons. The molecule has 3 aromatic rings. The smallest absolute Gasteiger partial charge is 0.404 e. The number of phenolic OH excluding ortho intramolecular Hbond substituents is 1. The van der Waals surface area contributed by atoms with E-state index in [-0.39, 0.29) is 33.7 Å². The van der Waals surface area contributed by atoms with Crippen molar-refractivity contribution in [3.8, 4) is 17.0 Å². The number of hydrogen-bond donors (Lipinski definition) is 3. The quantitative estimate of drug-likeness (QED) is 0.414. The van der Waals surface area contributed by atoms with Crippen molar-refractivity contribution >= 4 is 51.8 Å². The second-order valence-electron chi connectivity index (χ2n) is 8.01. The van der Waals surface area contributed by atoms with Gasteiger partial charge in [-0.3, -0.25) is 9.78 Å². The van der Waals surface area contributed by atoms with Crippen LogP contribution in [0.1, 0.15) is 43.0 Å². The highest BCUT2D eigenvalue weighted by atomic mass is 35.5. The molecule has 1 aliphatic rings. The third-order valence-electron chi connectivity index (χ3n) is 5.71. The molecule has 1 amide bonds. The van der Waals surface area contributed by atoms with Crippen molar-refractivity contribution in [2.45, 2.75) is 44.8 Å². The normalized spacial score (nSPS) is 18.2. The van der Waals surface area contributed by atoms with Crippen LogP contribution in [-0.4, -0.2) is 39.1 Å². The maximum Gasteiger partial charge on any atom is 0.404 e. The zero-order valence-electron chi connectivity index (χ0n) is 17.8. The number of pyridine rings is 2. The minimum atomic E-state index is -0.767. The number of ketones is 1. The first-order chi connectivity index (χ1) is 15.7. The van der Waals surface area contributed by atoms with Crippen molar-refractivity contribution in [3.63, 3.8) is 0 Å². The summed E-state index contributed by atoms with van der Waals surface area (Å²) in [7, 11) is 0. The number of aromatic hydroxyl groups is 1. The summed E-state index contributed by atoms with van der Waals surface area (Å²) in [5.41, 5.74) is 8.50. The Morgan fingerprint density at radius 2 is 1.82 bits per heavy atom. The van der Waals surface area contributed by atoms with Gasteiger partial charge in [0.2, 0.25) is 0 Å². The van der Waals surface area contributed by atoms with E-state index in [2.05, 4.69) is 10.3 Å². The van der Waals surface area contributed by atoms with E-state index in [1.54, 1.807) is 30.5 Å². The molecule has 1 saturated carbocycles. The number of phenols is 1. The van der Waals surface area contributed by atoms with E-state index in [1.807, 2.05) is 0 Å². The predicted octanol–water partition coefficient (Wildman–Crippen LogP) is 5.33. The van der Waals surface area contributed by atoms with Crippen LogP contribution in [0.4, 0.5) is 10.5 Å². The molecule has 0 radical (unpaired) electrons. The number of primary amides is 1. The van der Waals surface area contributed by atoms with Crippen molar-refractivity contribution in [1.82, 2.24) is 9.97 Å². The number of nitrogens with one attached hydrogen (secondary N) is 1. The van der Waals surface area contributed by atoms with Crippen molar-refractivity contribution in [2.24, 2.45) is 5.73 Å². The van der Waals surface area contributed by atoms with Gasteiger partial charge >= 0.3 is 6.09 Å². The molecule has 33 heavy (non-hydrogen) atoms. The highest BCUT2D eigenvalue weighted by molar-refractivity contribution is 6.37. The summed E-state index contributed by atoms with van der Waals surface area (Å²) in [4.78, 5) is 32.5. The minimum absolute atomic E-state index is 0.0597. The summed E-state index contributed by atoms with van der Waals surface area (Å²) in [6.45, 7) is 1.48. The van der Waals surface area contributed by atoms with E-state index < -0.39 is 6.09 Å². The number of carbonyl (C=O) groups excluding carboxylic acids is 2. The third kappa shape index (κ3) is 4.96. The molecule has 0 unspecified atom stereocenters. The molecular weight excluding hydrogens is 467 g/mol. The number of amides is 1. The Bertz CT molecular complexity index is 1220. The molecule has 4 rings (SSSR count). The van der Waals surface area contributed by atoms with Gasteiger partial charge < -0.3 is 20.9 Å². The Hall–Kier alpha value is -3.10. The van der Waals surface area contributed by atoms with Crippen LogP contribution < -0.4 is 11.1 Å². The third-order valence-corrected chi connectivity index (χ3v) is 6.29. The lowest BCUT2D eigenvalue weighted by Crippen LogP contribution is -2.32. The molecular formula is C23H22Cl2N4O4. The number of carbonyl (C=O) groups is 2. The molecule has 0 bridgehead atoms. The number of nitrogens with zero attached hydrogens (tertiary/aromatic N) is 2. The first-order valence-electron chi connectivity index (χ1n) is 10.4. The van der Waals surface area contributed by atoms with Crippen LogP contribution in [0.5, 0.6) is 5.75 Å². The highest BCUT2D eigenvalue weighted by Gasteiger charge is 2.25. The maximum absolute atomic E-state index is 12.4. The summed E-state index contributed by atoms with van der Waals surface area (Å²) in [5.74, 6) is -0.331. The van der Waals surface area contributed by atoms with Gasteiger partial charge in [0.25, 0.3) is 0 Å². The molecule has 0 atom stereocenters. The monoisotopic (exact) mass is 488 g/mol. The van der Waals surface area contributed by atoms with Crippen LogP contribution in [-0.2, 0) is 4.74 Å². The molecule has 1 aromatic carbocycles. The Morgan fingerprint density at radius 3 is 2.42 bits per heavy atom. The Balaban J connectivity index is 1.71. The summed E-state index contributed by atoms with van der Waals surface area (Å²) in [6.07, 6.45) is 3.39. The molecule has 2 heterocycles. The number of nitrogens with two attached hydrogens (primary N) is 1. The van der Waals surface area contributed by atoms with Crippen LogP contribution in [0.3, 0.4) is 0 Å². The van der Waals surface area contributed by atoms with Crippen molar-refractivity contribution in [2.75, 3.05) is 5.32 Å². The Kier molecular flexibility index (Phi) is 6.58. The van der Waals surface area contributed by atoms with Gasteiger partial charge in [0.15, 0.2) is 11.5 Å². The Labute approximate surface area is 200 Å². The largest absolute Gasteiger partial charge is 0.505 e. The SMILES string of the molecule is CC(=O)c1cnc2ccc(-c3cc(Cl)c(O)c(Cl)c3)nc2c1NC1CCC(OC(N)=O)CC1. The lowest BCUT2D eigenvalue weighted by atomic mass is 9.92. The number of anilines is 1. The summed E-state index contributed by atoms with van der Waals surface area (Å²) in [5, 5.41) is 13.6. The molecule has 8 nitrogen and oxygen atoms in total. The lowest BCUT2D eigenvalue weighted by molar-refractivity contribution is 0.0805. The summed E-state index contributed by atoms with van der Waals surface area (Å²) < 4.78 is 5.11. The predicted molar refractivity (Wildman–Crippen MR) is 127 cm³/mol.